The highest BCUT2D eigenvalue weighted by Crippen LogP contribution is 2.63. The second-order valence-electron chi connectivity index (χ2n) is 12.0. The van der Waals surface area contributed by atoms with Gasteiger partial charge in [0.05, 0.1) is 19.8 Å². The number of hydrogen-bond acceptors (Lipinski definition) is 11. The van der Waals surface area contributed by atoms with Crippen molar-refractivity contribution in [3.8, 4) is 17.2 Å². The lowest BCUT2D eigenvalue weighted by molar-refractivity contribution is -0.181. The Kier molecular flexibility index (Phi) is 7.55. The van der Waals surface area contributed by atoms with Crippen LogP contribution in [0.4, 0.5) is 0 Å². The van der Waals surface area contributed by atoms with Gasteiger partial charge in [-0.3, -0.25) is 4.79 Å². The van der Waals surface area contributed by atoms with Gasteiger partial charge in [-0.2, -0.15) is 0 Å². The summed E-state index contributed by atoms with van der Waals surface area (Å²) in [6, 6.07) is 10.1. The molecule has 0 aromatic heterocycles. The summed E-state index contributed by atoms with van der Waals surface area (Å²) >= 11 is 0. The van der Waals surface area contributed by atoms with E-state index in [1.54, 1.807) is 63.2 Å². The van der Waals surface area contributed by atoms with E-state index in [9.17, 15) is 19.5 Å². The number of rotatable bonds is 6. The number of esters is 2. The molecular formula is C34H36O11. The molecule has 1 spiro atoms. The summed E-state index contributed by atoms with van der Waals surface area (Å²) in [5, 5.41) is 12.6. The highest BCUT2D eigenvalue weighted by Gasteiger charge is 2.67. The molecule has 2 aromatic carbocycles. The van der Waals surface area contributed by atoms with E-state index in [0.717, 1.165) is 0 Å². The largest absolute Gasteiger partial charge is 0.497 e. The van der Waals surface area contributed by atoms with E-state index < -0.39 is 52.8 Å². The molecule has 2 aromatic rings. The second kappa shape index (κ2) is 11.1. The van der Waals surface area contributed by atoms with Crippen LogP contribution in [0.1, 0.15) is 61.7 Å². The molecule has 4 aliphatic rings. The van der Waals surface area contributed by atoms with Crippen molar-refractivity contribution in [1.29, 1.82) is 0 Å². The van der Waals surface area contributed by atoms with Crippen molar-refractivity contribution >= 4 is 17.7 Å². The molecule has 0 bridgehead atoms. The van der Waals surface area contributed by atoms with Crippen LogP contribution in [0.25, 0.3) is 0 Å². The summed E-state index contributed by atoms with van der Waals surface area (Å²) in [4.78, 5) is 41.8. The van der Waals surface area contributed by atoms with Crippen molar-refractivity contribution in [2.45, 2.75) is 57.3 Å². The van der Waals surface area contributed by atoms with E-state index in [2.05, 4.69) is 0 Å². The van der Waals surface area contributed by atoms with Gasteiger partial charge >= 0.3 is 11.9 Å². The summed E-state index contributed by atoms with van der Waals surface area (Å²) in [5.41, 5.74) is -1.99. The van der Waals surface area contributed by atoms with Crippen LogP contribution in [0.2, 0.25) is 0 Å². The van der Waals surface area contributed by atoms with Crippen molar-refractivity contribution in [2.24, 2.45) is 11.8 Å². The number of hydrogen-bond donors (Lipinski definition) is 1. The molecule has 11 heteroatoms. The lowest BCUT2D eigenvalue weighted by atomic mass is 9.55. The van der Waals surface area contributed by atoms with Crippen LogP contribution in [0.5, 0.6) is 17.2 Å². The minimum atomic E-state index is -1.86. The summed E-state index contributed by atoms with van der Waals surface area (Å²) < 4.78 is 41.5. The van der Waals surface area contributed by atoms with Crippen LogP contribution < -0.4 is 14.2 Å². The third kappa shape index (κ3) is 4.47. The predicted octanol–water partition coefficient (Wildman–Crippen LogP) is 4.32. The number of allylic oxidation sites excluding steroid dienone is 3. The van der Waals surface area contributed by atoms with Crippen LogP contribution in [0.3, 0.4) is 0 Å². The van der Waals surface area contributed by atoms with Crippen molar-refractivity contribution < 1.29 is 52.6 Å². The summed E-state index contributed by atoms with van der Waals surface area (Å²) in [5.74, 6) is -2.44. The van der Waals surface area contributed by atoms with Gasteiger partial charge in [0, 0.05) is 35.0 Å². The molecule has 6 unspecified atom stereocenters. The molecule has 6 atom stereocenters. The average Bonchev–Trinajstić information content (AvgIpc) is 3.68. The summed E-state index contributed by atoms with van der Waals surface area (Å²) in [6.07, 6.45) is -0.769. The van der Waals surface area contributed by atoms with E-state index in [0.29, 0.717) is 28.2 Å². The molecule has 6 rings (SSSR count). The number of fused-ring (bicyclic) bond motifs is 2. The van der Waals surface area contributed by atoms with Crippen LogP contribution >= 0.6 is 0 Å². The van der Waals surface area contributed by atoms with Gasteiger partial charge in [0.2, 0.25) is 24.1 Å². The first-order valence-electron chi connectivity index (χ1n) is 14.8. The van der Waals surface area contributed by atoms with E-state index in [-0.39, 0.29) is 42.7 Å². The molecule has 2 aliphatic heterocycles. The van der Waals surface area contributed by atoms with Crippen molar-refractivity contribution in [3.05, 3.63) is 76.3 Å². The number of ketones is 1. The maximum atomic E-state index is 14.8. The van der Waals surface area contributed by atoms with E-state index >= 15 is 0 Å². The first kappa shape index (κ1) is 30.5. The molecular weight excluding hydrogens is 584 g/mol. The molecule has 1 N–H and O–H groups in total. The van der Waals surface area contributed by atoms with Crippen LogP contribution in [-0.4, -0.2) is 62.2 Å². The maximum Gasteiger partial charge on any atom is 0.338 e. The fourth-order valence-corrected chi connectivity index (χ4v) is 6.99. The number of carbonyl (C=O) groups excluding carboxylic acids is 3. The van der Waals surface area contributed by atoms with Crippen LogP contribution in [0, 0.1) is 11.8 Å². The second-order valence-corrected chi connectivity index (χ2v) is 12.0. The quantitative estimate of drug-likeness (QED) is 0.365. The average molecular weight is 621 g/mol. The van der Waals surface area contributed by atoms with Gasteiger partial charge in [-0.05, 0) is 39.0 Å². The highest BCUT2D eigenvalue weighted by atomic mass is 16.7. The maximum absolute atomic E-state index is 14.8. The highest BCUT2D eigenvalue weighted by molar-refractivity contribution is 6.06. The minimum absolute atomic E-state index is 0.0199. The Morgan fingerprint density at radius 2 is 1.78 bits per heavy atom. The van der Waals surface area contributed by atoms with E-state index in [1.807, 2.05) is 0 Å². The fraction of sp³-hybridized carbons (Fsp3) is 0.441. The molecule has 0 saturated carbocycles. The van der Waals surface area contributed by atoms with Gasteiger partial charge in [-0.25, -0.2) is 9.59 Å². The molecule has 0 saturated heterocycles. The molecule has 2 heterocycles. The van der Waals surface area contributed by atoms with Crippen LogP contribution in [-0.2, 0) is 34.0 Å². The third-order valence-corrected chi connectivity index (χ3v) is 9.75. The van der Waals surface area contributed by atoms with Gasteiger partial charge < -0.3 is 38.3 Å². The zero-order valence-corrected chi connectivity index (χ0v) is 26.0. The van der Waals surface area contributed by atoms with E-state index in [1.165, 1.54) is 21.1 Å². The summed E-state index contributed by atoms with van der Waals surface area (Å²) in [6.45, 7) is 6.30. The third-order valence-electron chi connectivity index (χ3n) is 9.75. The molecule has 0 radical (unpaired) electrons. The molecule has 0 fully saturated rings. The molecule has 11 nitrogen and oxygen atoms in total. The zero-order chi connectivity index (χ0) is 32.3. The molecule has 0 amide bonds. The Morgan fingerprint density at radius 1 is 1.04 bits per heavy atom. The van der Waals surface area contributed by atoms with Crippen molar-refractivity contribution in [2.75, 3.05) is 27.6 Å². The van der Waals surface area contributed by atoms with Gasteiger partial charge in [0.25, 0.3) is 0 Å². The van der Waals surface area contributed by atoms with Crippen molar-refractivity contribution in [3.63, 3.8) is 0 Å². The number of aliphatic hydroxyl groups is 1. The standard InChI is InChI=1S/C34H36O11/c1-7-17(2)31(36)44-25-18(3)33(4,38)30(45-32(37)19-11-9-8-10-12-19)21-14-22(39-5)27(40-6)29(35)34(21)15-41-28-24(34)20(25)13-23-26(28)43-16-42-23/h7-13,18,21,25,30,38H,14-16H2,1-6H3. The monoisotopic (exact) mass is 620 g/mol. The van der Waals surface area contributed by atoms with Gasteiger partial charge in [0.15, 0.2) is 11.5 Å². The number of ether oxygens (including phenoxy) is 7. The van der Waals surface area contributed by atoms with E-state index in [4.69, 9.17) is 33.2 Å². The summed E-state index contributed by atoms with van der Waals surface area (Å²) in [7, 11) is 2.80. The number of methoxy groups -OCH3 is 2. The predicted molar refractivity (Wildman–Crippen MR) is 158 cm³/mol. The van der Waals surface area contributed by atoms with Crippen LogP contribution in [0.15, 0.2) is 59.6 Å². The Hall–Kier alpha value is -4.51. The first-order chi connectivity index (χ1) is 21.5. The molecule has 238 valence electrons. The normalized spacial score (nSPS) is 29.9. The molecule has 45 heavy (non-hydrogen) atoms. The smallest absolute Gasteiger partial charge is 0.338 e. The Labute approximate surface area is 260 Å². The lowest BCUT2D eigenvalue weighted by Gasteiger charge is -2.51. The topological polar surface area (TPSA) is 136 Å². The van der Waals surface area contributed by atoms with Gasteiger partial charge in [-0.15, -0.1) is 0 Å². The minimum Gasteiger partial charge on any atom is -0.497 e. The fourth-order valence-electron chi connectivity index (χ4n) is 6.99. The number of carbonyl (C=O) groups is 3. The Morgan fingerprint density at radius 3 is 2.44 bits per heavy atom. The van der Waals surface area contributed by atoms with Crippen molar-refractivity contribution in [1.82, 2.24) is 0 Å². The van der Waals surface area contributed by atoms with Gasteiger partial charge in [-0.1, -0.05) is 31.2 Å². The van der Waals surface area contributed by atoms with Gasteiger partial charge in [0.1, 0.15) is 35.6 Å². The lowest BCUT2D eigenvalue weighted by Crippen LogP contribution is -2.63. The Bertz CT molecular complexity index is 1620. The Balaban J connectivity index is 1.65. The zero-order valence-electron chi connectivity index (χ0n) is 26.0. The number of benzene rings is 2. The molecule has 2 aliphatic carbocycles. The first-order valence-corrected chi connectivity index (χ1v) is 14.8. The SMILES string of the molecule is CC=C(C)C(=O)OC1c2cc3c(c4c2C2(CO4)C(=O)C(OC)=C(OC)CC2C(OC(=O)c2ccccc2)C(C)(O)C1C)OCO3. The number of Topliss-reactive ketones (excluding diaryl/α,β-unsaturated/α-hetero) is 1.